The van der Waals surface area contributed by atoms with Crippen LogP contribution in [-0.4, -0.2) is 29.5 Å². The molecule has 1 saturated heterocycles. The molecule has 0 bridgehead atoms. The Morgan fingerprint density at radius 2 is 2.28 bits per heavy atom. The molecule has 0 aromatic carbocycles. The molecule has 102 valence electrons. The summed E-state index contributed by atoms with van der Waals surface area (Å²) in [6.45, 7) is 4.89. The van der Waals surface area contributed by atoms with E-state index in [1.54, 1.807) is 0 Å². The van der Waals surface area contributed by atoms with Gasteiger partial charge in [-0.25, -0.2) is 4.98 Å². The van der Waals surface area contributed by atoms with Crippen LogP contribution in [0.3, 0.4) is 0 Å². The second-order valence-corrected chi connectivity index (χ2v) is 6.21. The molecule has 0 aliphatic carbocycles. The van der Waals surface area contributed by atoms with Crippen molar-refractivity contribution < 1.29 is 13.2 Å². The number of rotatable bonds is 3. The Hall–Kier alpha value is -0.660. The summed E-state index contributed by atoms with van der Waals surface area (Å²) in [6, 6.07) is 0. The fourth-order valence-corrected chi connectivity index (χ4v) is 2.96. The average Bonchev–Trinajstić information content (AvgIpc) is 2.86. The summed E-state index contributed by atoms with van der Waals surface area (Å²) in [5, 5.41) is 0.517. The zero-order valence-electron chi connectivity index (χ0n) is 10.1. The van der Waals surface area contributed by atoms with E-state index >= 15 is 0 Å². The minimum Gasteiger partial charge on any atom is -0.330 e. The van der Waals surface area contributed by atoms with Crippen molar-refractivity contribution in [3.8, 4) is 0 Å². The largest absolute Gasteiger partial charge is 0.427 e. The number of aromatic nitrogens is 1. The van der Waals surface area contributed by atoms with Crippen molar-refractivity contribution in [2.75, 3.05) is 19.6 Å². The van der Waals surface area contributed by atoms with Gasteiger partial charge in [-0.2, -0.15) is 13.2 Å². The van der Waals surface area contributed by atoms with E-state index in [4.69, 9.17) is 5.73 Å². The second kappa shape index (κ2) is 4.79. The van der Waals surface area contributed by atoms with Crippen LogP contribution >= 0.6 is 11.3 Å². The van der Waals surface area contributed by atoms with E-state index < -0.39 is 11.1 Å². The Balaban J connectivity index is 1.97. The minimum atomic E-state index is -4.29. The predicted molar refractivity (Wildman–Crippen MR) is 64.2 cm³/mol. The van der Waals surface area contributed by atoms with Crippen LogP contribution in [0, 0.1) is 5.41 Å². The zero-order chi connectivity index (χ0) is 13.4. The van der Waals surface area contributed by atoms with E-state index in [0.717, 1.165) is 37.0 Å². The highest BCUT2D eigenvalue weighted by Gasteiger charge is 2.35. The highest BCUT2D eigenvalue weighted by molar-refractivity contribution is 7.11. The lowest BCUT2D eigenvalue weighted by molar-refractivity contribution is -0.134. The first-order valence-corrected chi connectivity index (χ1v) is 6.58. The maximum absolute atomic E-state index is 12.4. The number of thiazole rings is 1. The first kappa shape index (κ1) is 13.8. The van der Waals surface area contributed by atoms with E-state index in [9.17, 15) is 13.2 Å². The van der Waals surface area contributed by atoms with Crippen LogP contribution in [0.25, 0.3) is 0 Å². The summed E-state index contributed by atoms with van der Waals surface area (Å²) in [4.78, 5) is 5.34. The van der Waals surface area contributed by atoms with Crippen LogP contribution in [0.1, 0.15) is 23.2 Å². The third kappa shape index (κ3) is 3.02. The number of hydrogen-bond donors (Lipinski definition) is 1. The second-order valence-electron chi connectivity index (χ2n) is 5.09. The van der Waals surface area contributed by atoms with E-state index in [-0.39, 0.29) is 5.41 Å². The number of hydrogen-bond acceptors (Lipinski definition) is 4. The molecule has 0 saturated carbocycles. The third-order valence-electron chi connectivity index (χ3n) is 3.32. The molecule has 0 spiro atoms. The first-order valence-electron chi connectivity index (χ1n) is 5.77. The Bertz CT molecular complexity index is 418. The maximum atomic E-state index is 12.4. The lowest BCUT2D eigenvalue weighted by atomic mass is 9.90. The molecule has 0 radical (unpaired) electrons. The van der Waals surface area contributed by atoms with Crippen molar-refractivity contribution in [2.45, 2.75) is 26.1 Å². The van der Waals surface area contributed by atoms with E-state index in [1.165, 1.54) is 0 Å². The Labute approximate surface area is 108 Å². The molecule has 1 unspecified atom stereocenters. The van der Waals surface area contributed by atoms with Crippen molar-refractivity contribution >= 4 is 11.3 Å². The molecule has 1 aromatic heterocycles. The highest BCUT2D eigenvalue weighted by Crippen LogP contribution is 2.35. The quantitative estimate of drug-likeness (QED) is 0.923. The molecule has 2 N–H and O–H groups in total. The molecule has 2 rings (SSSR count). The molecular weight excluding hydrogens is 263 g/mol. The van der Waals surface area contributed by atoms with Gasteiger partial charge < -0.3 is 5.73 Å². The van der Waals surface area contributed by atoms with Crippen molar-refractivity contribution in [2.24, 2.45) is 11.1 Å². The van der Waals surface area contributed by atoms with Gasteiger partial charge in [0.1, 0.15) is 9.88 Å². The molecule has 1 aliphatic heterocycles. The maximum Gasteiger partial charge on any atom is 0.427 e. The van der Waals surface area contributed by atoms with Crippen LogP contribution in [0.5, 0.6) is 0 Å². The predicted octanol–water partition coefficient (Wildman–Crippen LogP) is 2.33. The lowest BCUT2D eigenvalue weighted by Gasteiger charge is -2.21. The van der Waals surface area contributed by atoms with Gasteiger partial charge in [-0.15, -0.1) is 11.3 Å². The number of halogens is 3. The van der Waals surface area contributed by atoms with Gasteiger partial charge in [0.05, 0.1) is 12.7 Å². The highest BCUT2D eigenvalue weighted by atomic mass is 32.1. The number of alkyl halides is 3. The van der Waals surface area contributed by atoms with Gasteiger partial charge in [0.2, 0.25) is 0 Å². The van der Waals surface area contributed by atoms with E-state index in [2.05, 4.69) is 16.8 Å². The molecule has 0 amide bonds. The van der Waals surface area contributed by atoms with E-state index in [1.807, 2.05) is 0 Å². The Kier molecular flexibility index (Phi) is 3.66. The normalized spacial score (nSPS) is 25.8. The van der Waals surface area contributed by atoms with Crippen molar-refractivity contribution in [3.63, 3.8) is 0 Å². The van der Waals surface area contributed by atoms with Crippen molar-refractivity contribution in [1.82, 2.24) is 9.88 Å². The van der Waals surface area contributed by atoms with Gasteiger partial charge in [-0.1, -0.05) is 6.92 Å². The summed E-state index contributed by atoms with van der Waals surface area (Å²) >= 11 is 0.725. The smallest absolute Gasteiger partial charge is 0.330 e. The van der Waals surface area contributed by atoms with Crippen LogP contribution in [-0.2, 0) is 12.7 Å². The molecular formula is C11H16F3N3S. The van der Waals surface area contributed by atoms with E-state index in [0.29, 0.717) is 18.1 Å². The van der Waals surface area contributed by atoms with Crippen LogP contribution in [0.4, 0.5) is 13.2 Å². The number of nitrogens with zero attached hydrogens (tertiary/aromatic N) is 2. The van der Waals surface area contributed by atoms with Crippen molar-refractivity contribution in [1.29, 1.82) is 0 Å². The first-order chi connectivity index (χ1) is 8.32. The zero-order valence-corrected chi connectivity index (χ0v) is 10.9. The summed E-state index contributed by atoms with van der Waals surface area (Å²) in [5.41, 5.74) is 5.78. The Morgan fingerprint density at radius 1 is 1.56 bits per heavy atom. The molecule has 7 heteroatoms. The van der Waals surface area contributed by atoms with Gasteiger partial charge in [0.25, 0.3) is 0 Å². The molecule has 2 heterocycles. The summed E-state index contributed by atoms with van der Waals surface area (Å²) < 4.78 is 37.3. The monoisotopic (exact) mass is 279 g/mol. The summed E-state index contributed by atoms with van der Waals surface area (Å²) in [7, 11) is 0. The Morgan fingerprint density at radius 3 is 2.78 bits per heavy atom. The molecule has 1 aliphatic rings. The van der Waals surface area contributed by atoms with Gasteiger partial charge in [-0.3, -0.25) is 4.90 Å². The topological polar surface area (TPSA) is 42.1 Å². The van der Waals surface area contributed by atoms with Gasteiger partial charge in [0.15, 0.2) is 0 Å². The third-order valence-corrected chi connectivity index (χ3v) is 4.35. The fourth-order valence-electron chi connectivity index (χ4n) is 2.13. The molecule has 1 aromatic rings. The number of nitrogens with two attached hydrogens (primary N) is 1. The minimum absolute atomic E-state index is 0.0874. The average molecular weight is 279 g/mol. The standard InChI is InChI=1S/C11H16F3N3S/c1-10(6-15)2-3-17(7-10)5-9-16-4-8(18-9)11(12,13)14/h4H,2-3,5-7,15H2,1H3. The molecule has 1 atom stereocenters. The fraction of sp³-hybridized carbons (Fsp3) is 0.727. The van der Waals surface area contributed by atoms with Gasteiger partial charge in [-0.05, 0) is 24.9 Å². The van der Waals surface area contributed by atoms with Crippen molar-refractivity contribution in [3.05, 3.63) is 16.1 Å². The summed E-state index contributed by atoms with van der Waals surface area (Å²) in [6.07, 6.45) is -2.38. The van der Waals surface area contributed by atoms with Crippen LogP contribution in [0.2, 0.25) is 0 Å². The SMILES string of the molecule is CC1(CN)CCN(Cc2ncc(C(F)(F)F)s2)C1. The van der Waals surface area contributed by atoms with Crippen LogP contribution in [0.15, 0.2) is 6.20 Å². The molecule has 3 nitrogen and oxygen atoms in total. The van der Waals surface area contributed by atoms with Gasteiger partial charge in [0, 0.05) is 6.54 Å². The lowest BCUT2D eigenvalue weighted by Crippen LogP contribution is -2.31. The van der Waals surface area contributed by atoms with Gasteiger partial charge >= 0.3 is 6.18 Å². The number of likely N-dealkylation sites (tertiary alicyclic amines) is 1. The molecule has 1 fully saturated rings. The van der Waals surface area contributed by atoms with Crippen LogP contribution < -0.4 is 5.73 Å². The summed E-state index contributed by atoms with van der Waals surface area (Å²) in [5.74, 6) is 0. The molecule has 18 heavy (non-hydrogen) atoms.